The smallest absolute Gasteiger partial charge is 0.252 e. The van der Waals surface area contributed by atoms with Crippen LogP contribution in [0.3, 0.4) is 0 Å². The Labute approximate surface area is 133 Å². The quantitative estimate of drug-likeness (QED) is 0.857. The van der Waals surface area contributed by atoms with Gasteiger partial charge in [-0.25, -0.2) is 0 Å². The standard InChI is InChI=1S/C16H16ClNO4/c1-21-12-4-2-10(3-5-12)8-22-9-11-6-15(19)13(16(18)20)7-14(11)17/h2-7,19H,8-9H2,1H3,(H2,18,20). The third kappa shape index (κ3) is 3.90. The molecule has 2 rings (SSSR count). The van der Waals surface area contributed by atoms with Crippen LogP contribution in [0.1, 0.15) is 21.5 Å². The second kappa shape index (κ2) is 7.15. The third-order valence-corrected chi connectivity index (χ3v) is 3.47. The van der Waals surface area contributed by atoms with Crippen LogP contribution < -0.4 is 10.5 Å². The van der Waals surface area contributed by atoms with Gasteiger partial charge in [0.05, 0.1) is 25.9 Å². The van der Waals surface area contributed by atoms with Crippen LogP contribution in [0.25, 0.3) is 0 Å². The van der Waals surface area contributed by atoms with Gasteiger partial charge in [-0.15, -0.1) is 0 Å². The maximum Gasteiger partial charge on any atom is 0.252 e. The molecule has 2 aromatic carbocycles. The van der Waals surface area contributed by atoms with Gasteiger partial charge in [-0.3, -0.25) is 4.79 Å². The molecular weight excluding hydrogens is 306 g/mol. The number of halogens is 1. The van der Waals surface area contributed by atoms with E-state index < -0.39 is 5.91 Å². The molecule has 0 aliphatic rings. The Morgan fingerprint density at radius 2 is 1.91 bits per heavy atom. The zero-order valence-corrected chi connectivity index (χ0v) is 12.8. The highest BCUT2D eigenvalue weighted by molar-refractivity contribution is 6.31. The molecule has 0 unspecified atom stereocenters. The molecule has 0 atom stereocenters. The number of rotatable bonds is 6. The third-order valence-electron chi connectivity index (χ3n) is 3.12. The number of benzene rings is 2. The van der Waals surface area contributed by atoms with Gasteiger partial charge in [0.1, 0.15) is 11.5 Å². The number of carbonyl (C=O) groups excluding carboxylic acids is 1. The van der Waals surface area contributed by atoms with Crippen molar-refractivity contribution in [3.8, 4) is 11.5 Å². The second-order valence-electron chi connectivity index (χ2n) is 4.67. The molecule has 2 aromatic rings. The minimum absolute atomic E-state index is 0.0103. The summed E-state index contributed by atoms with van der Waals surface area (Å²) in [6.07, 6.45) is 0. The van der Waals surface area contributed by atoms with E-state index in [9.17, 15) is 9.90 Å². The Morgan fingerprint density at radius 1 is 1.23 bits per heavy atom. The normalized spacial score (nSPS) is 10.5. The minimum Gasteiger partial charge on any atom is -0.507 e. The fraction of sp³-hybridized carbons (Fsp3) is 0.188. The first-order valence-electron chi connectivity index (χ1n) is 6.53. The van der Waals surface area contributed by atoms with Crippen molar-refractivity contribution < 1.29 is 19.4 Å². The average Bonchev–Trinajstić information content (AvgIpc) is 2.50. The molecule has 0 saturated heterocycles. The summed E-state index contributed by atoms with van der Waals surface area (Å²) in [6.45, 7) is 0.593. The molecule has 0 heterocycles. The van der Waals surface area contributed by atoms with Crippen molar-refractivity contribution in [3.05, 3.63) is 58.1 Å². The lowest BCUT2D eigenvalue weighted by Crippen LogP contribution is -2.11. The Bertz CT molecular complexity index is 671. The first-order chi connectivity index (χ1) is 10.5. The number of ether oxygens (including phenoxy) is 2. The fourth-order valence-corrected chi connectivity index (χ4v) is 2.13. The van der Waals surface area contributed by atoms with E-state index in [4.69, 9.17) is 26.8 Å². The number of nitrogens with two attached hydrogens (primary N) is 1. The molecule has 5 nitrogen and oxygen atoms in total. The molecule has 1 amide bonds. The lowest BCUT2D eigenvalue weighted by Gasteiger charge is -2.09. The number of methoxy groups -OCH3 is 1. The van der Waals surface area contributed by atoms with E-state index in [0.717, 1.165) is 11.3 Å². The van der Waals surface area contributed by atoms with Gasteiger partial charge >= 0.3 is 0 Å². The van der Waals surface area contributed by atoms with E-state index in [1.165, 1.54) is 12.1 Å². The molecule has 0 bridgehead atoms. The fourth-order valence-electron chi connectivity index (χ4n) is 1.91. The molecule has 0 aromatic heterocycles. The van der Waals surface area contributed by atoms with Gasteiger partial charge in [-0.05, 0) is 29.8 Å². The zero-order chi connectivity index (χ0) is 16.1. The number of primary amides is 1. The van der Waals surface area contributed by atoms with Gasteiger partial charge in [0.2, 0.25) is 0 Å². The van der Waals surface area contributed by atoms with Crippen molar-refractivity contribution in [1.82, 2.24) is 0 Å². The highest BCUT2D eigenvalue weighted by Crippen LogP contribution is 2.26. The van der Waals surface area contributed by atoms with Crippen LogP contribution in [-0.4, -0.2) is 18.1 Å². The summed E-state index contributed by atoms with van der Waals surface area (Å²) in [5.74, 6) is -0.163. The van der Waals surface area contributed by atoms with Crippen LogP contribution in [0.5, 0.6) is 11.5 Å². The van der Waals surface area contributed by atoms with Crippen molar-refractivity contribution in [2.24, 2.45) is 5.73 Å². The van der Waals surface area contributed by atoms with E-state index in [2.05, 4.69) is 0 Å². The Balaban J connectivity index is 1.99. The van der Waals surface area contributed by atoms with Gasteiger partial charge in [-0.2, -0.15) is 0 Å². The lowest BCUT2D eigenvalue weighted by molar-refractivity contribution is 0.0996. The van der Waals surface area contributed by atoms with E-state index >= 15 is 0 Å². The van der Waals surface area contributed by atoms with Crippen LogP contribution in [-0.2, 0) is 18.0 Å². The monoisotopic (exact) mass is 321 g/mol. The van der Waals surface area contributed by atoms with Gasteiger partial charge in [0, 0.05) is 10.6 Å². The Morgan fingerprint density at radius 3 is 2.50 bits per heavy atom. The molecule has 0 aliphatic heterocycles. The summed E-state index contributed by atoms with van der Waals surface area (Å²) in [5.41, 5.74) is 6.69. The Kier molecular flexibility index (Phi) is 5.25. The van der Waals surface area contributed by atoms with Crippen LogP contribution in [0.15, 0.2) is 36.4 Å². The van der Waals surface area contributed by atoms with Crippen molar-refractivity contribution in [2.75, 3.05) is 7.11 Å². The predicted molar refractivity (Wildman–Crippen MR) is 83.1 cm³/mol. The number of hydrogen-bond acceptors (Lipinski definition) is 4. The Hall–Kier alpha value is -2.24. The highest BCUT2D eigenvalue weighted by Gasteiger charge is 2.12. The summed E-state index contributed by atoms with van der Waals surface area (Å²) in [5, 5.41) is 10.1. The zero-order valence-electron chi connectivity index (χ0n) is 12.0. The number of hydrogen-bond donors (Lipinski definition) is 2. The van der Waals surface area contributed by atoms with E-state index in [1.807, 2.05) is 24.3 Å². The summed E-state index contributed by atoms with van der Waals surface area (Å²) < 4.78 is 10.6. The predicted octanol–water partition coefficient (Wildman–Crippen LogP) is 2.87. The molecule has 0 saturated carbocycles. The minimum atomic E-state index is -0.731. The summed E-state index contributed by atoms with van der Waals surface area (Å²) >= 11 is 6.05. The lowest BCUT2D eigenvalue weighted by atomic mass is 10.1. The largest absolute Gasteiger partial charge is 0.507 e. The number of aromatic hydroxyl groups is 1. The number of phenols is 1. The van der Waals surface area contributed by atoms with E-state index in [1.54, 1.807) is 7.11 Å². The van der Waals surface area contributed by atoms with Gasteiger partial charge in [0.25, 0.3) is 5.91 Å². The molecular formula is C16H16ClNO4. The first-order valence-corrected chi connectivity index (χ1v) is 6.91. The van der Waals surface area contributed by atoms with Crippen molar-refractivity contribution >= 4 is 17.5 Å². The van der Waals surface area contributed by atoms with Crippen LogP contribution in [0.4, 0.5) is 0 Å². The van der Waals surface area contributed by atoms with E-state index in [0.29, 0.717) is 17.2 Å². The average molecular weight is 322 g/mol. The molecule has 6 heteroatoms. The van der Waals surface area contributed by atoms with Crippen molar-refractivity contribution in [2.45, 2.75) is 13.2 Å². The molecule has 22 heavy (non-hydrogen) atoms. The van der Waals surface area contributed by atoms with Gasteiger partial charge in [-0.1, -0.05) is 23.7 Å². The van der Waals surface area contributed by atoms with Gasteiger partial charge in [0.15, 0.2) is 0 Å². The van der Waals surface area contributed by atoms with Crippen molar-refractivity contribution in [3.63, 3.8) is 0 Å². The maximum absolute atomic E-state index is 11.1. The van der Waals surface area contributed by atoms with Crippen LogP contribution in [0, 0.1) is 0 Å². The number of amides is 1. The maximum atomic E-state index is 11.1. The highest BCUT2D eigenvalue weighted by atomic mass is 35.5. The summed E-state index contributed by atoms with van der Waals surface area (Å²) in [7, 11) is 1.61. The molecule has 0 spiro atoms. The molecule has 0 fully saturated rings. The van der Waals surface area contributed by atoms with Crippen molar-refractivity contribution in [1.29, 1.82) is 0 Å². The molecule has 3 N–H and O–H groups in total. The summed E-state index contributed by atoms with van der Waals surface area (Å²) in [4.78, 5) is 11.1. The molecule has 0 radical (unpaired) electrons. The summed E-state index contributed by atoms with van der Waals surface area (Å²) in [6, 6.07) is 10.2. The number of carbonyl (C=O) groups is 1. The van der Waals surface area contributed by atoms with Crippen LogP contribution in [0.2, 0.25) is 5.02 Å². The molecule has 116 valence electrons. The van der Waals surface area contributed by atoms with Crippen LogP contribution >= 0.6 is 11.6 Å². The van der Waals surface area contributed by atoms with Gasteiger partial charge < -0.3 is 20.3 Å². The second-order valence-corrected chi connectivity index (χ2v) is 5.07. The molecule has 0 aliphatic carbocycles. The first kappa shape index (κ1) is 16.1. The topological polar surface area (TPSA) is 81.8 Å². The van der Waals surface area contributed by atoms with E-state index in [-0.39, 0.29) is 17.9 Å². The SMILES string of the molecule is COc1ccc(COCc2cc(O)c(C(N)=O)cc2Cl)cc1.